The van der Waals surface area contributed by atoms with E-state index in [1.807, 2.05) is 10.6 Å². The molecule has 0 unspecified atom stereocenters. The predicted molar refractivity (Wildman–Crippen MR) is 109 cm³/mol. The van der Waals surface area contributed by atoms with Gasteiger partial charge in [0, 0.05) is 24.7 Å². The van der Waals surface area contributed by atoms with E-state index in [4.69, 9.17) is 11.3 Å². The van der Waals surface area contributed by atoms with Crippen molar-refractivity contribution in [3.05, 3.63) is 66.2 Å². The first kappa shape index (κ1) is 18.7. The van der Waals surface area contributed by atoms with Gasteiger partial charge in [-0.2, -0.15) is 0 Å². The average molecular weight is 417 g/mol. The molecule has 0 radical (unpaired) electrons. The molecular formula is C21H16FN7O2. The van der Waals surface area contributed by atoms with Crippen LogP contribution in [0.5, 0.6) is 0 Å². The Hall–Kier alpha value is -4.26. The Morgan fingerprint density at radius 2 is 1.97 bits per heavy atom. The number of amides is 1. The van der Waals surface area contributed by atoms with Crippen LogP contribution in [-0.4, -0.2) is 55.3 Å². The molecule has 154 valence electrons. The maximum atomic E-state index is 13.5. The largest absolute Gasteiger partial charge is 0.453 e. The van der Waals surface area contributed by atoms with E-state index in [-0.39, 0.29) is 18.0 Å². The minimum absolute atomic E-state index is 0.0172. The minimum atomic E-state index is -0.378. The van der Waals surface area contributed by atoms with Gasteiger partial charge in [-0.3, -0.25) is 0 Å². The van der Waals surface area contributed by atoms with Crippen molar-refractivity contribution in [2.45, 2.75) is 6.04 Å². The standard InChI is InChI=1S/C21H16FN7O2/c1-23-18-9-24-17-8-7-16(26-29(17)18)20-19(13-3-5-14(22)6-4-13)25-12-28(20)15-10-27(11-15)21(30)31-2/h3-9,12,15H,10-11H2,2H3. The quantitative estimate of drug-likeness (QED) is 0.476. The zero-order chi connectivity index (χ0) is 21.5. The van der Waals surface area contributed by atoms with E-state index >= 15 is 0 Å². The van der Waals surface area contributed by atoms with Gasteiger partial charge >= 0.3 is 6.09 Å². The zero-order valence-electron chi connectivity index (χ0n) is 16.4. The molecule has 0 aliphatic carbocycles. The Morgan fingerprint density at radius 3 is 2.68 bits per heavy atom. The second-order valence-electron chi connectivity index (χ2n) is 7.10. The highest BCUT2D eigenvalue weighted by atomic mass is 19.1. The summed E-state index contributed by atoms with van der Waals surface area (Å²) >= 11 is 0. The van der Waals surface area contributed by atoms with Crippen LogP contribution in [0, 0.1) is 12.4 Å². The van der Waals surface area contributed by atoms with Gasteiger partial charge in [0.15, 0.2) is 0 Å². The van der Waals surface area contributed by atoms with Gasteiger partial charge in [0.2, 0.25) is 5.65 Å². The van der Waals surface area contributed by atoms with Gasteiger partial charge in [-0.1, -0.05) is 11.7 Å². The fourth-order valence-electron chi connectivity index (χ4n) is 3.68. The molecule has 1 fully saturated rings. The van der Waals surface area contributed by atoms with E-state index in [0.29, 0.717) is 41.6 Å². The average Bonchev–Trinajstić information content (AvgIpc) is 3.36. The molecule has 1 aliphatic rings. The van der Waals surface area contributed by atoms with Gasteiger partial charge in [0.25, 0.3) is 5.82 Å². The van der Waals surface area contributed by atoms with Crippen LogP contribution >= 0.6 is 0 Å². The molecule has 1 amide bonds. The maximum Gasteiger partial charge on any atom is 0.409 e. The van der Waals surface area contributed by atoms with E-state index in [9.17, 15) is 9.18 Å². The first-order chi connectivity index (χ1) is 15.1. The van der Waals surface area contributed by atoms with Gasteiger partial charge in [-0.15, -0.1) is 4.52 Å². The van der Waals surface area contributed by atoms with Crippen LogP contribution in [0.3, 0.4) is 0 Å². The van der Waals surface area contributed by atoms with E-state index in [2.05, 4.69) is 19.9 Å². The van der Waals surface area contributed by atoms with E-state index in [1.54, 1.807) is 29.4 Å². The summed E-state index contributed by atoms with van der Waals surface area (Å²) in [5.74, 6) is -0.0381. The highest BCUT2D eigenvalue weighted by Gasteiger charge is 2.35. The molecule has 10 heteroatoms. The van der Waals surface area contributed by atoms with Crippen LogP contribution in [0.4, 0.5) is 15.0 Å². The smallest absolute Gasteiger partial charge is 0.409 e. The molecule has 9 nitrogen and oxygen atoms in total. The van der Waals surface area contributed by atoms with Crippen molar-refractivity contribution in [2.24, 2.45) is 0 Å². The fourth-order valence-corrected chi connectivity index (χ4v) is 3.68. The number of benzene rings is 1. The van der Waals surface area contributed by atoms with Crippen molar-refractivity contribution >= 4 is 17.6 Å². The van der Waals surface area contributed by atoms with E-state index in [0.717, 1.165) is 5.56 Å². The molecule has 0 bridgehead atoms. The summed E-state index contributed by atoms with van der Waals surface area (Å²) in [6.45, 7) is 8.28. The van der Waals surface area contributed by atoms with Gasteiger partial charge in [-0.05, 0) is 30.3 Å². The maximum absolute atomic E-state index is 13.5. The van der Waals surface area contributed by atoms with Gasteiger partial charge in [0.05, 0.1) is 37.1 Å². The SMILES string of the molecule is [C-]#[N+]c1cnc2ccc(-c3c(-c4ccc(F)cc4)ncn3C3CN(C(=O)OC)C3)nn12. The molecule has 3 aromatic heterocycles. The molecule has 0 N–H and O–H groups in total. The van der Waals surface area contributed by atoms with Crippen LogP contribution < -0.4 is 0 Å². The Morgan fingerprint density at radius 1 is 1.19 bits per heavy atom. The Kier molecular flexibility index (Phi) is 4.36. The zero-order valence-corrected chi connectivity index (χ0v) is 16.4. The molecule has 0 spiro atoms. The summed E-state index contributed by atoms with van der Waals surface area (Å²) in [4.78, 5) is 25.6. The molecule has 1 aliphatic heterocycles. The van der Waals surface area contributed by atoms with Crippen LogP contribution in [0.1, 0.15) is 6.04 Å². The third kappa shape index (κ3) is 3.07. The number of likely N-dealkylation sites (tertiary alicyclic amines) is 1. The molecule has 5 rings (SSSR count). The van der Waals surface area contributed by atoms with Crippen LogP contribution in [0.25, 0.3) is 33.1 Å². The van der Waals surface area contributed by atoms with E-state index < -0.39 is 0 Å². The third-order valence-electron chi connectivity index (χ3n) is 5.30. The molecule has 0 atom stereocenters. The number of nitrogens with zero attached hydrogens (tertiary/aromatic N) is 7. The lowest BCUT2D eigenvalue weighted by Crippen LogP contribution is -2.50. The first-order valence-corrected chi connectivity index (χ1v) is 9.47. The second-order valence-corrected chi connectivity index (χ2v) is 7.10. The number of imidazole rings is 2. The molecule has 0 saturated carbocycles. The lowest BCUT2D eigenvalue weighted by atomic mass is 10.1. The topological polar surface area (TPSA) is 81.9 Å². The number of aromatic nitrogens is 5. The first-order valence-electron chi connectivity index (χ1n) is 9.47. The van der Waals surface area contributed by atoms with Crippen molar-refractivity contribution in [2.75, 3.05) is 20.2 Å². The van der Waals surface area contributed by atoms with Gasteiger partial charge < -0.3 is 19.0 Å². The normalized spacial score (nSPS) is 13.8. The number of ether oxygens (including phenoxy) is 1. The molecule has 1 saturated heterocycles. The van der Waals surface area contributed by atoms with Crippen LogP contribution in [-0.2, 0) is 4.74 Å². The Bertz CT molecular complexity index is 1330. The van der Waals surface area contributed by atoms with Crippen molar-refractivity contribution < 1.29 is 13.9 Å². The van der Waals surface area contributed by atoms with Crippen LogP contribution in [0.15, 0.2) is 48.9 Å². The Labute approximate surface area is 176 Å². The summed E-state index contributed by atoms with van der Waals surface area (Å²) in [6.07, 6.45) is 2.79. The third-order valence-corrected chi connectivity index (χ3v) is 5.30. The van der Waals surface area contributed by atoms with Crippen LogP contribution in [0.2, 0.25) is 0 Å². The monoisotopic (exact) mass is 417 g/mol. The number of hydrogen-bond acceptors (Lipinski definition) is 5. The van der Waals surface area contributed by atoms with Crippen molar-refractivity contribution in [1.29, 1.82) is 0 Å². The summed E-state index contributed by atoms with van der Waals surface area (Å²) in [6, 6.07) is 9.66. The number of halogens is 1. The summed E-state index contributed by atoms with van der Waals surface area (Å²) in [7, 11) is 1.35. The number of carbonyl (C=O) groups excluding carboxylic acids is 1. The van der Waals surface area contributed by atoms with E-state index in [1.165, 1.54) is 30.0 Å². The number of rotatable bonds is 3. The molecule has 4 heterocycles. The number of methoxy groups -OCH3 is 1. The number of hydrogen-bond donors (Lipinski definition) is 0. The molecule has 31 heavy (non-hydrogen) atoms. The fraction of sp³-hybridized carbons (Fsp3) is 0.190. The Balaban J connectivity index is 1.63. The van der Waals surface area contributed by atoms with Gasteiger partial charge in [-0.25, -0.2) is 19.2 Å². The lowest BCUT2D eigenvalue weighted by molar-refractivity contribution is 0.0716. The molecular weight excluding hydrogens is 401 g/mol. The second kappa shape index (κ2) is 7.21. The minimum Gasteiger partial charge on any atom is -0.453 e. The van der Waals surface area contributed by atoms with Crippen molar-refractivity contribution in [3.8, 4) is 22.6 Å². The van der Waals surface area contributed by atoms with Crippen molar-refractivity contribution in [1.82, 2.24) is 29.0 Å². The highest BCUT2D eigenvalue weighted by molar-refractivity contribution is 5.77. The molecule has 4 aromatic rings. The predicted octanol–water partition coefficient (Wildman–Crippen LogP) is 3.57. The summed E-state index contributed by atoms with van der Waals surface area (Å²) in [5.41, 5.74) is 3.23. The molecule has 1 aromatic carbocycles. The number of fused-ring (bicyclic) bond motifs is 1. The van der Waals surface area contributed by atoms with Gasteiger partial charge in [0.1, 0.15) is 11.5 Å². The lowest BCUT2D eigenvalue weighted by Gasteiger charge is -2.39. The number of carbonyl (C=O) groups is 1. The summed E-state index contributed by atoms with van der Waals surface area (Å²) < 4.78 is 21.7. The highest BCUT2D eigenvalue weighted by Crippen LogP contribution is 2.35. The summed E-state index contributed by atoms with van der Waals surface area (Å²) in [5, 5.41) is 4.62. The van der Waals surface area contributed by atoms with Crippen molar-refractivity contribution in [3.63, 3.8) is 0 Å².